The topological polar surface area (TPSA) is 56.3 Å². The Hall–Kier alpha value is -0.160. The summed E-state index contributed by atoms with van der Waals surface area (Å²) >= 11 is 0. The van der Waals surface area contributed by atoms with Crippen molar-refractivity contribution in [3.05, 3.63) is 0 Å². The van der Waals surface area contributed by atoms with Gasteiger partial charge in [-0.1, -0.05) is 0 Å². The summed E-state index contributed by atoms with van der Waals surface area (Å²) in [5.41, 5.74) is 0.318. The maximum Gasteiger partial charge on any atom is 0.0717 e. The van der Waals surface area contributed by atoms with Crippen molar-refractivity contribution in [3.8, 4) is 0 Å². The van der Waals surface area contributed by atoms with E-state index >= 15 is 0 Å². The highest BCUT2D eigenvalue weighted by molar-refractivity contribution is 5.01. The fraction of sp³-hybridized carbons (Fsp3) is 1.00. The summed E-state index contributed by atoms with van der Waals surface area (Å²) in [6, 6.07) is 0.684. The predicted molar refractivity (Wildman–Crippen MR) is 74.7 cm³/mol. The number of piperidine rings is 2. The lowest BCUT2D eigenvalue weighted by molar-refractivity contribution is 0.0726. The van der Waals surface area contributed by atoms with E-state index < -0.39 is 0 Å². The van der Waals surface area contributed by atoms with Gasteiger partial charge in [0.15, 0.2) is 0 Å². The molecule has 2 aliphatic rings. The highest BCUT2D eigenvalue weighted by Gasteiger charge is 2.39. The zero-order valence-electron chi connectivity index (χ0n) is 12.2. The number of hydrogen-bond donors (Lipinski definition) is 4. The Kier molecular flexibility index (Phi) is 4.02. The minimum absolute atomic E-state index is 0.159. The molecule has 0 radical (unpaired) electrons. The molecule has 0 aliphatic carbocycles. The molecule has 2 fully saturated rings. The summed E-state index contributed by atoms with van der Waals surface area (Å²) in [5, 5.41) is 20.8. The molecule has 0 amide bonds. The van der Waals surface area contributed by atoms with E-state index in [1.165, 1.54) is 0 Å². The SMILES string of the molecule is CC1(C)CC(NC2CNCCC2O)CC(C)(C)N1. The van der Waals surface area contributed by atoms with Gasteiger partial charge in [-0.2, -0.15) is 0 Å². The van der Waals surface area contributed by atoms with E-state index in [-0.39, 0.29) is 23.2 Å². The van der Waals surface area contributed by atoms with Crippen LogP contribution in [0.4, 0.5) is 0 Å². The zero-order valence-corrected chi connectivity index (χ0v) is 12.2. The quantitative estimate of drug-likeness (QED) is 0.584. The molecule has 2 aliphatic heterocycles. The highest BCUT2D eigenvalue weighted by Crippen LogP contribution is 2.29. The predicted octanol–water partition coefficient (Wildman–Crippen LogP) is 0.608. The molecular weight excluding hydrogens is 226 g/mol. The first-order valence-electron chi connectivity index (χ1n) is 7.22. The Bertz CT molecular complexity index is 275. The van der Waals surface area contributed by atoms with Gasteiger partial charge in [0.2, 0.25) is 0 Å². The Balaban J connectivity index is 1.95. The van der Waals surface area contributed by atoms with Gasteiger partial charge < -0.3 is 21.1 Å². The molecule has 4 heteroatoms. The monoisotopic (exact) mass is 255 g/mol. The van der Waals surface area contributed by atoms with E-state index in [9.17, 15) is 5.11 Å². The maximum atomic E-state index is 10.0. The van der Waals surface area contributed by atoms with Crippen molar-refractivity contribution >= 4 is 0 Å². The molecule has 0 bridgehead atoms. The van der Waals surface area contributed by atoms with Crippen molar-refractivity contribution in [1.29, 1.82) is 0 Å². The van der Waals surface area contributed by atoms with Crippen molar-refractivity contribution < 1.29 is 5.11 Å². The van der Waals surface area contributed by atoms with Crippen LogP contribution in [0, 0.1) is 0 Å². The largest absolute Gasteiger partial charge is 0.391 e. The summed E-state index contributed by atoms with van der Waals surface area (Å²) in [4.78, 5) is 0. The van der Waals surface area contributed by atoms with Crippen LogP contribution in [0.25, 0.3) is 0 Å². The lowest BCUT2D eigenvalue weighted by atomic mass is 9.79. The van der Waals surface area contributed by atoms with Crippen LogP contribution in [0.2, 0.25) is 0 Å². The van der Waals surface area contributed by atoms with Gasteiger partial charge in [-0.25, -0.2) is 0 Å². The van der Waals surface area contributed by atoms with Crippen LogP contribution in [-0.2, 0) is 0 Å². The third-order valence-corrected chi connectivity index (χ3v) is 4.09. The molecular formula is C14H29N3O. The van der Waals surface area contributed by atoms with Gasteiger partial charge >= 0.3 is 0 Å². The summed E-state index contributed by atoms with van der Waals surface area (Å²) in [5.74, 6) is 0. The van der Waals surface area contributed by atoms with Crippen LogP contribution in [0.1, 0.15) is 47.0 Å². The van der Waals surface area contributed by atoms with Gasteiger partial charge in [-0.3, -0.25) is 0 Å². The van der Waals surface area contributed by atoms with Crippen molar-refractivity contribution in [2.24, 2.45) is 0 Å². The molecule has 18 heavy (non-hydrogen) atoms. The van der Waals surface area contributed by atoms with Crippen LogP contribution in [-0.4, -0.2) is 47.5 Å². The smallest absolute Gasteiger partial charge is 0.0717 e. The molecule has 106 valence electrons. The van der Waals surface area contributed by atoms with E-state index in [1.54, 1.807) is 0 Å². The van der Waals surface area contributed by atoms with E-state index in [2.05, 4.69) is 43.6 Å². The molecule has 2 saturated heterocycles. The first-order chi connectivity index (χ1) is 8.27. The van der Waals surface area contributed by atoms with E-state index in [0.717, 1.165) is 32.4 Å². The number of nitrogens with one attached hydrogen (secondary N) is 3. The highest BCUT2D eigenvalue weighted by atomic mass is 16.3. The Morgan fingerprint density at radius 1 is 1.11 bits per heavy atom. The molecule has 4 nitrogen and oxygen atoms in total. The van der Waals surface area contributed by atoms with Gasteiger partial charge in [0.25, 0.3) is 0 Å². The third kappa shape index (κ3) is 3.67. The lowest BCUT2D eigenvalue weighted by Crippen LogP contribution is -2.64. The first-order valence-corrected chi connectivity index (χ1v) is 7.22. The second kappa shape index (κ2) is 5.08. The maximum absolute atomic E-state index is 10.0. The molecule has 0 aromatic rings. The van der Waals surface area contributed by atoms with Crippen LogP contribution in [0.3, 0.4) is 0 Å². The van der Waals surface area contributed by atoms with Crippen LogP contribution < -0.4 is 16.0 Å². The Morgan fingerprint density at radius 3 is 2.28 bits per heavy atom. The Labute approximate surface area is 111 Å². The fourth-order valence-corrected chi connectivity index (χ4v) is 3.76. The van der Waals surface area contributed by atoms with Crippen LogP contribution in [0.15, 0.2) is 0 Å². The molecule has 2 heterocycles. The average molecular weight is 255 g/mol. The normalized spacial score (nSPS) is 36.5. The summed E-state index contributed by atoms with van der Waals surface area (Å²) in [7, 11) is 0. The summed E-state index contributed by atoms with van der Waals surface area (Å²) in [6.45, 7) is 10.9. The van der Waals surface area contributed by atoms with Crippen molar-refractivity contribution in [2.75, 3.05) is 13.1 Å². The van der Waals surface area contributed by atoms with Gasteiger partial charge in [0.1, 0.15) is 0 Å². The molecule has 0 aromatic heterocycles. The van der Waals surface area contributed by atoms with E-state index in [4.69, 9.17) is 0 Å². The van der Waals surface area contributed by atoms with Crippen molar-refractivity contribution in [1.82, 2.24) is 16.0 Å². The Morgan fingerprint density at radius 2 is 1.72 bits per heavy atom. The second-order valence-corrected chi connectivity index (χ2v) is 7.33. The molecule has 2 unspecified atom stereocenters. The zero-order chi connectivity index (χ0) is 13.4. The van der Waals surface area contributed by atoms with Gasteiger partial charge in [-0.05, 0) is 53.5 Å². The second-order valence-electron chi connectivity index (χ2n) is 7.33. The number of rotatable bonds is 2. The number of aliphatic hydroxyl groups is 1. The lowest BCUT2D eigenvalue weighted by Gasteiger charge is -2.48. The van der Waals surface area contributed by atoms with E-state index in [0.29, 0.717) is 6.04 Å². The molecule has 2 atom stereocenters. The first kappa shape index (κ1) is 14.3. The number of hydrogen-bond acceptors (Lipinski definition) is 4. The van der Waals surface area contributed by atoms with Gasteiger partial charge in [-0.15, -0.1) is 0 Å². The van der Waals surface area contributed by atoms with E-state index in [1.807, 2.05) is 0 Å². The molecule has 0 saturated carbocycles. The minimum Gasteiger partial charge on any atom is -0.391 e. The average Bonchev–Trinajstić information content (AvgIpc) is 2.16. The van der Waals surface area contributed by atoms with Crippen molar-refractivity contribution in [3.63, 3.8) is 0 Å². The third-order valence-electron chi connectivity index (χ3n) is 4.09. The van der Waals surface area contributed by atoms with Crippen LogP contribution >= 0.6 is 0 Å². The molecule has 2 rings (SSSR count). The van der Waals surface area contributed by atoms with Gasteiger partial charge in [0, 0.05) is 29.7 Å². The molecule has 0 spiro atoms. The summed E-state index contributed by atoms with van der Waals surface area (Å²) in [6.07, 6.45) is 2.88. The fourth-order valence-electron chi connectivity index (χ4n) is 3.76. The molecule has 0 aromatic carbocycles. The van der Waals surface area contributed by atoms with Gasteiger partial charge in [0.05, 0.1) is 6.10 Å². The van der Waals surface area contributed by atoms with Crippen LogP contribution in [0.5, 0.6) is 0 Å². The minimum atomic E-state index is -0.202. The number of aliphatic hydroxyl groups excluding tert-OH is 1. The van der Waals surface area contributed by atoms with Crippen molar-refractivity contribution in [2.45, 2.75) is 76.2 Å². The summed E-state index contributed by atoms with van der Waals surface area (Å²) < 4.78 is 0. The molecule has 4 N–H and O–H groups in total. The standard InChI is InChI=1S/C14H29N3O/c1-13(2)7-10(8-14(3,4)17-13)16-11-9-15-6-5-12(11)18/h10-12,15-18H,5-9H2,1-4H3.